The number of aryl methyl sites for hydroxylation is 2. The van der Waals surface area contributed by atoms with Gasteiger partial charge in [-0.1, -0.05) is 41.4 Å². The number of rotatable bonds is 4. The molecule has 2 aromatic carbocycles. The maximum Gasteiger partial charge on any atom is 0.182 e. The van der Waals surface area contributed by atoms with Crippen molar-refractivity contribution in [2.75, 3.05) is 0 Å². The molecule has 0 spiro atoms. The summed E-state index contributed by atoms with van der Waals surface area (Å²) in [5, 5.41) is 0.436. The monoisotopic (exact) mass is 323 g/mol. The van der Waals surface area contributed by atoms with Crippen LogP contribution in [-0.4, -0.2) is 8.42 Å². The van der Waals surface area contributed by atoms with Crippen LogP contribution in [0.3, 0.4) is 0 Å². The molecule has 0 aromatic heterocycles. The lowest BCUT2D eigenvalue weighted by Gasteiger charge is -2.10. The maximum absolute atomic E-state index is 12.6. The van der Waals surface area contributed by atoms with Crippen LogP contribution < -0.4 is 5.73 Å². The Bertz CT molecular complexity index is 770. The highest BCUT2D eigenvalue weighted by molar-refractivity contribution is 7.90. The van der Waals surface area contributed by atoms with Gasteiger partial charge in [-0.3, -0.25) is 0 Å². The summed E-state index contributed by atoms with van der Waals surface area (Å²) in [7, 11) is -3.42. The van der Waals surface area contributed by atoms with Crippen LogP contribution in [0.5, 0.6) is 0 Å². The lowest BCUT2D eigenvalue weighted by Crippen LogP contribution is -2.08. The van der Waals surface area contributed by atoms with Gasteiger partial charge in [-0.05, 0) is 42.7 Å². The van der Waals surface area contributed by atoms with Gasteiger partial charge in [0.25, 0.3) is 0 Å². The van der Waals surface area contributed by atoms with Gasteiger partial charge in [0.1, 0.15) is 0 Å². The highest BCUT2D eigenvalue weighted by Crippen LogP contribution is 2.25. The molecule has 3 nitrogen and oxygen atoms in total. The molecule has 21 heavy (non-hydrogen) atoms. The van der Waals surface area contributed by atoms with Crippen LogP contribution in [0.1, 0.15) is 22.3 Å². The average Bonchev–Trinajstić information content (AvgIpc) is 2.40. The molecule has 0 aliphatic carbocycles. The van der Waals surface area contributed by atoms with E-state index < -0.39 is 9.84 Å². The molecule has 0 saturated heterocycles. The summed E-state index contributed by atoms with van der Waals surface area (Å²) in [4.78, 5) is 0.354. The van der Waals surface area contributed by atoms with Crippen LogP contribution in [0, 0.1) is 13.8 Å². The van der Waals surface area contributed by atoms with Crippen molar-refractivity contribution in [2.45, 2.75) is 31.0 Å². The van der Waals surface area contributed by atoms with Crippen molar-refractivity contribution in [3.8, 4) is 0 Å². The fraction of sp³-hybridized carbons (Fsp3) is 0.250. The summed E-state index contributed by atoms with van der Waals surface area (Å²) in [5.41, 5.74) is 8.81. The summed E-state index contributed by atoms with van der Waals surface area (Å²) < 4.78 is 25.1. The standard InChI is InChI=1S/C16H18ClNO2S/c1-11-3-6-16(12(2)7-11)21(19,20)10-14-5-4-13(9-18)8-15(14)17/h3-8H,9-10,18H2,1-2H3. The smallest absolute Gasteiger partial charge is 0.182 e. The van der Waals surface area contributed by atoms with Crippen molar-refractivity contribution < 1.29 is 8.42 Å². The Balaban J connectivity index is 2.37. The van der Waals surface area contributed by atoms with Crippen LogP contribution in [0.15, 0.2) is 41.3 Å². The van der Waals surface area contributed by atoms with E-state index in [1.54, 1.807) is 37.3 Å². The first-order valence-electron chi connectivity index (χ1n) is 6.61. The first-order valence-corrected chi connectivity index (χ1v) is 8.64. The molecule has 0 saturated carbocycles. The Labute approximate surface area is 130 Å². The van der Waals surface area contributed by atoms with E-state index in [2.05, 4.69) is 0 Å². The molecule has 5 heteroatoms. The number of benzene rings is 2. The van der Waals surface area contributed by atoms with E-state index >= 15 is 0 Å². The van der Waals surface area contributed by atoms with Crippen molar-refractivity contribution in [3.63, 3.8) is 0 Å². The first-order chi connectivity index (χ1) is 9.83. The van der Waals surface area contributed by atoms with Crippen LogP contribution >= 0.6 is 11.6 Å². The third kappa shape index (κ3) is 3.64. The van der Waals surface area contributed by atoms with Gasteiger partial charge in [-0.15, -0.1) is 0 Å². The molecule has 2 N–H and O–H groups in total. The quantitative estimate of drug-likeness (QED) is 0.938. The van der Waals surface area contributed by atoms with Gasteiger partial charge in [0, 0.05) is 11.6 Å². The molecule has 2 rings (SSSR count). The number of halogens is 1. The van der Waals surface area contributed by atoms with Crippen molar-refractivity contribution in [1.82, 2.24) is 0 Å². The second-order valence-electron chi connectivity index (χ2n) is 5.16. The third-order valence-electron chi connectivity index (χ3n) is 3.36. The molecule has 0 aliphatic rings. The fourth-order valence-electron chi connectivity index (χ4n) is 2.27. The summed E-state index contributed by atoms with van der Waals surface area (Å²) >= 11 is 6.15. The minimum absolute atomic E-state index is 0.111. The third-order valence-corrected chi connectivity index (χ3v) is 5.54. The van der Waals surface area contributed by atoms with E-state index in [0.29, 0.717) is 22.0 Å². The van der Waals surface area contributed by atoms with E-state index in [1.807, 2.05) is 13.0 Å². The Morgan fingerprint density at radius 2 is 1.81 bits per heavy atom. The number of hydrogen-bond acceptors (Lipinski definition) is 3. The lowest BCUT2D eigenvalue weighted by atomic mass is 10.1. The molecule has 0 heterocycles. The van der Waals surface area contributed by atoms with E-state index in [0.717, 1.165) is 16.7 Å². The Morgan fingerprint density at radius 1 is 1.10 bits per heavy atom. The molecule has 0 fully saturated rings. The van der Waals surface area contributed by atoms with Crippen molar-refractivity contribution in [2.24, 2.45) is 5.73 Å². The summed E-state index contributed by atoms with van der Waals surface area (Å²) in [6.07, 6.45) is 0. The molecule has 0 amide bonds. The zero-order valence-corrected chi connectivity index (χ0v) is 13.6. The van der Waals surface area contributed by atoms with Crippen molar-refractivity contribution >= 4 is 21.4 Å². The van der Waals surface area contributed by atoms with Crippen LogP contribution in [0.4, 0.5) is 0 Å². The molecular weight excluding hydrogens is 306 g/mol. The van der Waals surface area contributed by atoms with E-state index in [4.69, 9.17) is 17.3 Å². The highest BCUT2D eigenvalue weighted by atomic mass is 35.5. The molecule has 0 atom stereocenters. The second-order valence-corrected chi connectivity index (χ2v) is 7.52. The van der Waals surface area contributed by atoms with E-state index in [1.165, 1.54) is 0 Å². The minimum Gasteiger partial charge on any atom is -0.326 e. The van der Waals surface area contributed by atoms with Gasteiger partial charge in [-0.25, -0.2) is 8.42 Å². The summed E-state index contributed by atoms with van der Waals surface area (Å²) in [5.74, 6) is -0.111. The fourth-order valence-corrected chi connectivity index (χ4v) is 4.26. The minimum atomic E-state index is -3.42. The van der Waals surface area contributed by atoms with Crippen molar-refractivity contribution in [1.29, 1.82) is 0 Å². The molecule has 0 unspecified atom stereocenters. The Morgan fingerprint density at radius 3 is 2.38 bits per heavy atom. The molecule has 0 aliphatic heterocycles. The molecule has 2 aromatic rings. The highest BCUT2D eigenvalue weighted by Gasteiger charge is 2.19. The van der Waals surface area contributed by atoms with E-state index in [9.17, 15) is 8.42 Å². The number of hydrogen-bond donors (Lipinski definition) is 1. The normalized spacial score (nSPS) is 11.6. The van der Waals surface area contributed by atoms with Crippen LogP contribution in [0.2, 0.25) is 5.02 Å². The second kappa shape index (κ2) is 6.18. The van der Waals surface area contributed by atoms with Gasteiger partial charge >= 0.3 is 0 Å². The topological polar surface area (TPSA) is 60.2 Å². The van der Waals surface area contributed by atoms with Gasteiger partial charge in [0.05, 0.1) is 10.6 Å². The van der Waals surface area contributed by atoms with Crippen molar-refractivity contribution in [3.05, 3.63) is 63.7 Å². The van der Waals surface area contributed by atoms with Crippen LogP contribution in [0.25, 0.3) is 0 Å². The van der Waals surface area contributed by atoms with Gasteiger partial charge in [-0.2, -0.15) is 0 Å². The number of nitrogens with two attached hydrogens (primary N) is 1. The lowest BCUT2D eigenvalue weighted by molar-refractivity contribution is 0.594. The Kier molecular flexibility index (Phi) is 4.71. The van der Waals surface area contributed by atoms with Gasteiger partial charge in [0.15, 0.2) is 9.84 Å². The Hall–Kier alpha value is -1.36. The number of sulfone groups is 1. The molecule has 0 radical (unpaired) electrons. The largest absolute Gasteiger partial charge is 0.326 e. The predicted octanol–water partition coefficient (Wildman–Crippen LogP) is 3.39. The zero-order valence-electron chi connectivity index (χ0n) is 12.1. The molecule has 112 valence electrons. The molecular formula is C16H18ClNO2S. The maximum atomic E-state index is 12.6. The zero-order chi connectivity index (χ0) is 15.6. The van der Waals surface area contributed by atoms with Gasteiger partial charge < -0.3 is 5.73 Å². The predicted molar refractivity (Wildman–Crippen MR) is 86.1 cm³/mol. The molecule has 0 bridgehead atoms. The average molecular weight is 324 g/mol. The van der Waals surface area contributed by atoms with Crippen LogP contribution in [-0.2, 0) is 22.1 Å². The first kappa shape index (κ1) is 16.0. The summed E-state index contributed by atoms with van der Waals surface area (Å²) in [6.45, 7) is 4.12. The summed E-state index contributed by atoms with van der Waals surface area (Å²) in [6, 6.07) is 10.6. The van der Waals surface area contributed by atoms with Gasteiger partial charge in [0.2, 0.25) is 0 Å². The van der Waals surface area contributed by atoms with E-state index in [-0.39, 0.29) is 5.75 Å². The SMILES string of the molecule is Cc1ccc(S(=O)(=O)Cc2ccc(CN)cc2Cl)c(C)c1.